The van der Waals surface area contributed by atoms with E-state index in [1.165, 1.54) is 0 Å². The van der Waals surface area contributed by atoms with Crippen molar-refractivity contribution in [3.63, 3.8) is 0 Å². The van der Waals surface area contributed by atoms with Gasteiger partial charge in [-0.3, -0.25) is 4.98 Å². The topological polar surface area (TPSA) is 71.2 Å². The largest absolute Gasteiger partial charge is 0.444 e. The molecule has 2 aromatic heterocycles. The van der Waals surface area contributed by atoms with Crippen molar-refractivity contribution in [2.45, 2.75) is 46.4 Å². The summed E-state index contributed by atoms with van der Waals surface area (Å²) in [4.78, 5) is 18.2. The molecule has 0 N–H and O–H groups in total. The fourth-order valence-corrected chi connectivity index (χ4v) is 3.05. The van der Waals surface area contributed by atoms with Crippen LogP contribution in [-0.4, -0.2) is 32.7 Å². The summed E-state index contributed by atoms with van der Waals surface area (Å²) in [5.41, 5.74) is 3.93. The van der Waals surface area contributed by atoms with Crippen molar-refractivity contribution in [2.75, 3.05) is 6.54 Å². The summed E-state index contributed by atoms with van der Waals surface area (Å²) in [7, 11) is 0. The molecule has 0 saturated carbocycles. The fraction of sp³-hybridized carbons (Fsp3) is 0.421. The highest BCUT2D eigenvalue weighted by Gasteiger charge is 2.28. The van der Waals surface area contributed by atoms with Gasteiger partial charge in [0.25, 0.3) is 0 Å². The van der Waals surface area contributed by atoms with E-state index in [0.717, 1.165) is 22.5 Å². The Morgan fingerprint density at radius 1 is 1.36 bits per heavy atom. The van der Waals surface area contributed by atoms with Gasteiger partial charge in [-0.1, -0.05) is 0 Å². The number of fused-ring (bicyclic) bond motifs is 1. The Bertz CT molecular complexity index is 855. The van der Waals surface area contributed by atoms with Crippen LogP contribution in [0.2, 0.25) is 0 Å². The molecule has 0 saturated heterocycles. The molecule has 25 heavy (non-hydrogen) atoms. The second kappa shape index (κ2) is 6.25. The third-order valence-corrected chi connectivity index (χ3v) is 4.20. The van der Waals surface area contributed by atoms with E-state index in [4.69, 9.17) is 4.74 Å². The highest BCUT2D eigenvalue weighted by Crippen LogP contribution is 2.31. The van der Waals surface area contributed by atoms with Crippen molar-refractivity contribution in [3.8, 4) is 17.3 Å². The summed E-state index contributed by atoms with van der Waals surface area (Å²) in [6.45, 7) is 9.18. The van der Waals surface area contributed by atoms with Gasteiger partial charge in [-0.05, 0) is 45.4 Å². The zero-order valence-electron chi connectivity index (χ0n) is 15.0. The molecule has 6 nitrogen and oxygen atoms in total. The van der Waals surface area contributed by atoms with Crippen molar-refractivity contribution in [1.82, 2.24) is 14.5 Å². The SMILES string of the molecule is Cc1ccncc1-c1c(C#N)cc2n1CCN(C(=O)OC(C)(C)C)C2. The van der Waals surface area contributed by atoms with Crippen LogP contribution in [-0.2, 0) is 17.8 Å². The van der Waals surface area contributed by atoms with Gasteiger partial charge in [0.2, 0.25) is 0 Å². The molecule has 1 amide bonds. The third kappa shape index (κ3) is 3.36. The van der Waals surface area contributed by atoms with E-state index in [-0.39, 0.29) is 6.09 Å². The van der Waals surface area contributed by atoms with Gasteiger partial charge in [-0.15, -0.1) is 0 Å². The average Bonchev–Trinajstić information content (AvgIpc) is 2.91. The highest BCUT2D eigenvalue weighted by molar-refractivity contribution is 5.72. The molecule has 130 valence electrons. The van der Waals surface area contributed by atoms with Crippen molar-refractivity contribution in [2.24, 2.45) is 0 Å². The first-order valence-electron chi connectivity index (χ1n) is 8.31. The predicted molar refractivity (Wildman–Crippen MR) is 93.8 cm³/mol. The van der Waals surface area contributed by atoms with Gasteiger partial charge in [0.15, 0.2) is 0 Å². The number of hydrogen-bond donors (Lipinski definition) is 0. The number of carbonyl (C=O) groups excluding carboxylic acids is 1. The lowest BCUT2D eigenvalue weighted by Gasteiger charge is -2.31. The lowest BCUT2D eigenvalue weighted by Crippen LogP contribution is -2.41. The summed E-state index contributed by atoms with van der Waals surface area (Å²) in [5.74, 6) is 0. The lowest BCUT2D eigenvalue weighted by molar-refractivity contribution is 0.0199. The summed E-state index contributed by atoms with van der Waals surface area (Å²) in [6, 6.07) is 6.07. The molecule has 0 fully saturated rings. The lowest BCUT2D eigenvalue weighted by atomic mass is 10.1. The van der Waals surface area contributed by atoms with Crippen molar-refractivity contribution < 1.29 is 9.53 Å². The Morgan fingerprint density at radius 2 is 2.12 bits per heavy atom. The van der Waals surface area contributed by atoms with Gasteiger partial charge in [0.1, 0.15) is 11.7 Å². The monoisotopic (exact) mass is 338 g/mol. The van der Waals surface area contributed by atoms with Crippen LogP contribution >= 0.6 is 0 Å². The number of hydrogen-bond acceptors (Lipinski definition) is 4. The summed E-state index contributed by atoms with van der Waals surface area (Å²) < 4.78 is 7.58. The predicted octanol–water partition coefficient (Wildman–Crippen LogP) is 3.48. The number of nitrogens with zero attached hydrogens (tertiary/aromatic N) is 4. The number of carbonyl (C=O) groups is 1. The molecule has 0 atom stereocenters. The Balaban J connectivity index is 1.95. The Labute approximate surface area is 147 Å². The molecular weight excluding hydrogens is 316 g/mol. The Hall–Kier alpha value is -2.81. The minimum Gasteiger partial charge on any atom is -0.444 e. The second-order valence-electron chi connectivity index (χ2n) is 7.25. The summed E-state index contributed by atoms with van der Waals surface area (Å²) >= 11 is 0. The summed E-state index contributed by atoms with van der Waals surface area (Å²) in [5, 5.41) is 9.56. The maximum atomic E-state index is 12.3. The van der Waals surface area contributed by atoms with Gasteiger partial charge in [0, 0.05) is 36.7 Å². The van der Waals surface area contributed by atoms with Crippen LogP contribution in [0.25, 0.3) is 11.3 Å². The van der Waals surface area contributed by atoms with Crippen LogP contribution in [0, 0.1) is 18.3 Å². The molecular formula is C19H22N4O2. The van der Waals surface area contributed by atoms with E-state index in [1.807, 2.05) is 39.8 Å². The highest BCUT2D eigenvalue weighted by atomic mass is 16.6. The molecule has 1 aliphatic heterocycles. The van der Waals surface area contributed by atoms with Crippen LogP contribution < -0.4 is 0 Å². The van der Waals surface area contributed by atoms with Crippen LogP contribution in [0.5, 0.6) is 0 Å². The van der Waals surface area contributed by atoms with Crippen LogP contribution in [0.3, 0.4) is 0 Å². The molecule has 3 heterocycles. The number of nitriles is 1. The maximum Gasteiger partial charge on any atom is 0.410 e. The van der Waals surface area contributed by atoms with Gasteiger partial charge < -0.3 is 14.2 Å². The molecule has 0 aliphatic carbocycles. The molecule has 3 rings (SSSR count). The first kappa shape index (κ1) is 17.0. The smallest absolute Gasteiger partial charge is 0.410 e. The molecule has 1 aliphatic rings. The number of aromatic nitrogens is 2. The molecule has 0 unspecified atom stereocenters. The third-order valence-electron chi connectivity index (χ3n) is 4.20. The van der Waals surface area contributed by atoms with Gasteiger partial charge in [-0.25, -0.2) is 4.79 Å². The molecule has 6 heteroatoms. The Morgan fingerprint density at radius 3 is 2.76 bits per heavy atom. The fourth-order valence-electron chi connectivity index (χ4n) is 3.05. The van der Waals surface area contributed by atoms with Crippen LogP contribution in [0.4, 0.5) is 4.79 Å². The molecule has 0 radical (unpaired) electrons. The van der Waals surface area contributed by atoms with Gasteiger partial charge in [-0.2, -0.15) is 5.26 Å². The van der Waals surface area contributed by atoms with Gasteiger partial charge in [0.05, 0.1) is 17.8 Å². The van der Waals surface area contributed by atoms with Crippen molar-refractivity contribution >= 4 is 6.09 Å². The van der Waals surface area contributed by atoms with E-state index in [0.29, 0.717) is 25.2 Å². The first-order chi connectivity index (χ1) is 11.8. The van der Waals surface area contributed by atoms with E-state index < -0.39 is 5.60 Å². The molecule has 2 aromatic rings. The van der Waals surface area contributed by atoms with E-state index in [9.17, 15) is 10.1 Å². The number of ether oxygens (including phenoxy) is 1. The number of rotatable bonds is 1. The zero-order chi connectivity index (χ0) is 18.2. The van der Waals surface area contributed by atoms with Gasteiger partial charge >= 0.3 is 6.09 Å². The Kier molecular flexibility index (Phi) is 4.25. The number of pyridine rings is 1. The normalized spacial score (nSPS) is 14.0. The number of aryl methyl sites for hydroxylation is 1. The van der Waals surface area contributed by atoms with E-state index in [1.54, 1.807) is 17.3 Å². The standard InChI is InChI=1S/C19H22N4O2/c1-13-5-6-21-11-16(13)17-14(10-20)9-15-12-22(7-8-23(15)17)18(24)25-19(2,3)4/h5-6,9,11H,7-8,12H2,1-4H3. The van der Waals surface area contributed by atoms with Crippen LogP contribution in [0.1, 0.15) is 37.6 Å². The van der Waals surface area contributed by atoms with Crippen LogP contribution in [0.15, 0.2) is 24.5 Å². The first-order valence-corrected chi connectivity index (χ1v) is 8.31. The molecule has 0 spiro atoms. The number of amides is 1. The van der Waals surface area contributed by atoms with E-state index >= 15 is 0 Å². The maximum absolute atomic E-state index is 12.3. The van der Waals surface area contributed by atoms with Crippen molar-refractivity contribution in [1.29, 1.82) is 5.26 Å². The second-order valence-corrected chi connectivity index (χ2v) is 7.25. The average molecular weight is 338 g/mol. The minimum atomic E-state index is -0.522. The zero-order valence-corrected chi connectivity index (χ0v) is 15.0. The quantitative estimate of drug-likeness (QED) is 0.798. The summed E-state index contributed by atoms with van der Waals surface area (Å²) in [6.07, 6.45) is 3.21. The van der Waals surface area contributed by atoms with Crippen molar-refractivity contribution in [3.05, 3.63) is 41.3 Å². The minimum absolute atomic E-state index is 0.322. The molecule has 0 bridgehead atoms. The van der Waals surface area contributed by atoms with E-state index in [2.05, 4.69) is 15.6 Å². The molecule has 0 aromatic carbocycles.